The number of terminal acetylenes is 1. The van der Waals surface area contributed by atoms with E-state index in [0.29, 0.717) is 5.57 Å². The Kier molecular flexibility index (Phi) is 3.77. The zero-order chi connectivity index (χ0) is 13.7. The maximum atomic E-state index is 11.4. The monoisotopic (exact) mass is 249 g/mol. The van der Waals surface area contributed by atoms with Crippen molar-refractivity contribution in [3.05, 3.63) is 59.7 Å². The van der Waals surface area contributed by atoms with Gasteiger partial charge in [-0.3, -0.25) is 9.79 Å². The number of rotatable bonds is 3. The molecule has 2 rings (SSSR count). The molecule has 0 heterocycles. The van der Waals surface area contributed by atoms with Crippen LogP contribution in [0.15, 0.2) is 59.1 Å². The number of ketones is 1. The molecule has 0 spiro atoms. The highest BCUT2D eigenvalue weighted by Crippen LogP contribution is 2.21. The lowest BCUT2D eigenvalue weighted by Gasteiger charge is -2.19. The summed E-state index contributed by atoms with van der Waals surface area (Å²) < 4.78 is 0. The number of aliphatic imine (C=N–C) groups is 1. The second-order valence-corrected chi connectivity index (χ2v) is 4.50. The summed E-state index contributed by atoms with van der Waals surface area (Å²) >= 11 is 0. The highest BCUT2D eigenvalue weighted by Gasteiger charge is 2.24. The Morgan fingerprint density at radius 2 is 2.11 bits per heavy atom. The molecule has 0 amide bonds. The minimum Gasteiger partial charge on any atom is -0.290 e. The molecule has 1 aromatic rings. The van der Waals surface area contributed by atoms with E-state index in [1.165, 1.54) is 11.6 Å². The maximum Gasteiger partial charge on any atom is 0.181 e. The van der Waals surface area contributed by atoms with Crippen molar-refractivity contribution in [2.24, 2.45) is 4.99 Å². The van der Waals surface area contributed by atoms with E-state index >= 15 is 0 Å². The minimum atomic E-state index is -0.813. The molecule has 0 fully saturated rings. The predicted molar refractivity (Wildman–Crippen MR) is 78.1 cm³/mol. The number of hydrogen-bond acceptors (Lipinski definition) is 2. The van der Waals surface area contributed by atoms with Gasteiger partial charge < -0.3 is 0 Å². The summed E-state index contributed by atoms with van der Waals surface area (Å²) in [6.07, 6.45) is 13.0. The van der Waals surface area contributed by atoms with Gasteiger partial charge in [0.25, 0.3) is 0 Å². The van der Waals surface area contributed by atoms with Gasteiger partial charge >= 0.3 is 0 Å². The van der Waals surface area contributed by atoms with Crippen molar-refractivity contribution in [2.45, 2.75) is 18.9 Å². The van der Waals surface area contributed by atoms with E-state index in [2.05, 4.69) is 10.9 Å². The van der Waals surface area contributed by atoms with Gasteiger partial charge in [0.15, 0.2) is 11.3 Å². The van der Waals surface area contributed by atoms with E-state index in [4.69, 9.17) is 6.42 Å². The Morgan fingerprint density at radius 3 is 2.74 bits per heavy atom. The van der Waals surface area contributed by atoms with E-state index in [-0.39, 0.29) is 5.78 Å². The molecule has 1 aliphatic carbocycles. The first-order chi connectivity index (χ1) is 9.15. The first-order valence-corrected chi connectivity index (χ1v) is 6.14. The average molecular weight is 249 g/mol. The number of allylic oxidation sites excluding steroid dienone is 2. The van der Waals surface area contributed by atoms with Crippen molar-refractivity contribution >= 4 is 12.0 Å². The van der Waals surface area contributed by atoms with E-state index in [9.17, 15) is 4.79 Å². The van der Waals surface area contributed by atoms with Crippen molar-refractivity contribution < 1.29 is 4.79 Å². The van der Waals surface area contributed by atoms with Crippen LogP contribution in [0.5, 0.6) is 0 Å². The summed E-state index contributed by atoms with van der Waals surface area (Å²) in [5, 5.41) is 0. The van der Waals surface area contributed by atoms with Crippen LogP contribution < -0.4 is 0 Å². The molecule has 94 valence electrons. The first kappa shape index (κ1) is 13.0. The molecule has 1 unspecified atom stereocenters. The minimum absolute atomic E-state index is 0.0101. The molecule has 0 saturated carbocycles. The normalized spacial score (nSPS) is 22.3. The van der Waals surface area contributed by atoms with Crippen LogP contribution in [0, 0.1) is 12.3 Å². The van der Waals surface area contributed by atoms with Crippen molar-refractivity contribution in [2.75, 3.05) is 0 Å². The third-order valence-corrected chi connectivity index (χ3v) is 3.02. The smallest absolute Gasteiger partial charge is 0.181 e. The Labute approximate surface area is 113 Å². The third-order valence-electron chi connectivity index (χ3n) is 3.02. The fourth-order valence-electron chi connectivity index (χ4n) is 1.91. The third kappa shape index (κ3) is 3.08. The van der Waals surface area contributed by atoms with Crippen molar-refractivity contribution in [3.8, 4) is 12.3 Å². The summed E-state index contributed by atoms with van der Waals surface area (Å²) in [5.74, 6) is 2.63. The number of nitrogens with zero attached hydrogens (tertiary/aromatic N) is 1. The maximum absolute atomic E-state index is 11.4. The second-order valence-electron chi connectivity index (χ2n) is 4.50. The number of hydrogen-bond donors (Lipinski definition) is 0. The highest BCUT2D eigenvalue weighted by molar-refractivity contribution is 6.05. The molecule has 0 bridgehead atoms. The molecular formula is C17H15NO. The van der Waals surface area contributed by atoms with Crippen LogP contribution in [0.1, 0.15) is 12.5 Å². The average Bonchev–Trinajstić information content (AvgIpc) is 2.44. The fourth-order valence-corrected chi connectivity index (χ4v) is 1.91. The molecule has 2 heteroatoms. The zero-order valence-corrected chi connectivity index (χ0v) is 10.8. The predicted octanol–water partition coefficient (Wildman–Crippen LogP) is 2.76. The number of carbonyl (C=O) groups excluding carboxylic acids is 1. The molecule has 0 aliphatic heterocycles. The SMILES string of the molecule is C#CC1(N=CCc2ccccc2)C=CC(=O)C(C)=C1. The van der Waals surface area contributed by atoms with E-state index < -0.39 is 5.54 Å². The Bertz CT molecular complexity index is 602. The summed E-state index contributed by atoms with van der Waals surface area (Å²) in [7, 11) is 0. The largest absolute Gasteiger partial charge is 0.290 e. The van der Waals surface area contributed by atoms with Gasteiger partial charge in [-0.15, -0.1) is 6.42 Å². The van der Waals surface area contributed by atoms with Crippen molar-refractivity contribution in [1.29, 1.82) is 0 Å². The molecule has 0 saturated heterocycles. The topological polar surface area (TPSA) is 29.4 Å². The summed E-state index contributed by atoms with van der Waals surface area (Å²) in [5.41, 5.74) is 1.000. The van der Waals surface area contributed by atoms with Gasteiger partial charge in [0.1, 0.15) is 0 Å². The van der Waals surface area contributed by atoms with Gasteiger partial charge in [-0.05, 0) is 36.3 Å². The van der Waals surface area contributed by atoms with Gasteiger partial charge in [-0.1, -0.05) is 36.3 Å². The molecule has 1 aromatic carbocycles. The van der Waals surface area contributed by atoms with Crippen LogP contribution in [-0.2, 0) is 11.2 Å². The molecule has 1 aliphatic rings. The van der Waals surface area contributed by atoms with E-state index in [0.717, 1.165) is 6.42 Å². The fraction of sp³-hybridized carbons (Fsp3) is 0.176. The molecule has 0 radical (unpaired) electrons. The molecule has 0 N–H and O–H groups in total. The second kappa shape index (κ2) is 5.49. The highest BCUT2D eigenvalue weighted by atomic mass is 16.1. The van der Waals surface area contributed by atoms with Crippen LogP contribution in [0.25, 0.3) is 0 Å². The molecule has 0 aromatic heterocycles. The zero-order valence-electron chi connectivity index (χ0n) is 10.8. The number of carbonyl (C=O) groups is 1. The van der Waals surface area contributed by atoms with Crippen LogP contribution in [0.4, 0.5) is 0 Å². The summed E-state index contributed by atoms with van der Waals surface area (Å²) in [6, 6.07) is 10.0. The van der Waals surface area contributed by atoms with Crippen LogP contribution in [0.3, 0.4) is 0 Å². The molecule has 1 atom stereocenters. The van der Waals surface area contributed by atoms with Gasteiger partial charge in [0.05, 0.1) is 0 Å². The quantitative estimate of drug-likeness (QED) is 0.598. The van der Waals surface area contributed by atoms with Crippen LogP contribution >= 0.6 is 0 Å². The Hall–Kier alpha value is -2.40. The Morgan fingerprint density at radius 1 is 1.37 bits per heavy atom. The standard InChI is InChI=1S/C17H15NO/c1-3-17(11-9-16(19)14(2)13-17)18-12-10-15-7-5-4-6-8-15/h1,4-9,11-13H,10H2,2H3. The van der Waals surface area contributed by atoms with Gasteiger partial charge in [-0.2, -0.15) is 0 Å². The lowest BCUT2D eigenvalue weighted by molar-refractivity contribution is -0.111. The van der Waals surface area contributed by atoms with Crippen LogP contribution in [0.2, 0.25) is 0 Å². The molecular weight excluding hydrogens is 234 g/mol. The van der Waals surface area contributed by atoms with E-state index in [1.807, 2.05) is 30.3 Å². The van der Waals surface area contributed by atoms with Gasteiger partial charge in [-0.25, -0.2) is 0 Å². The van der Waals surface area contributed by atoms with Crippen molar-refractivity contribution in [1.82, 2.24) is 0 Å². The Balaban J connectivity index is 2.15. The summed E-state index contributed by atoms with van der Waals surface area (Å²) in [4.78, 5) is 15.9. The van der Waals surface area contributed by atoms with Crippen molar-refractivity contribution in [3.63, 3.8) is 0 Å². The van der Waals surface area contributed by atoms with Gasteiger partial charge in [0, 0.05) is 12.6 Å². The first-order valence-electron chi connectivity index (χ1n) is 6.14. The molecule has 2 nitrogen and oxygen atoms in total. The molecule has 19 heavy (non-hydrogen) atoms. The lowest BCUT2D eigenvalue weighted by Crippen LogP contribution is -2.23. The summed E-state index contributed by atoms with van der Waals surface area (Å²) in [6.45, 7) is 1.75. The number of benzene rings is 1. The lowest BCUT2D eigenvalue weighted by atomic mass is 9.91. The van der Waals surface area contributed by atoms with Crippen LogP contribution in [-0.4, -0.2) is 17.5 Å². The van der Waals surface area contributed by atoms with Gasteiger partial charge in [0.2, 0.25) is 0 Å². The van der Waals surface area contributed by atoms with E-state index in [1.54, 1.807) is 25.3 Å².